The Bertz CT molecular complexity index is 940. The fraction of sp³-hybridized carbons (Fsp3) is 0.375. The molecular formula is C24H29N3O3S. The second kappa shape index (κ2) is 10.9. The van der Waals surface area contributed by atoms with Crippen LogP contribution in [0.5, 0.6) is 5.75 Å². The second-order valence-electron chi connectivity index (χ2n) is 7.73. The van der Waals surface area contributed by atoms with Crippen molar-refractivity contribution in [2.45, 2.75) is 46.0 Å². The maximum atomic E-state index is 12.5. The maximum absolute atomic E-state index is 12.5. The van der Waals surface area contributed by atoms with E-state index < -0.39 is 0 Å². The summed E-state index contributed by atoms with van der Waals surface area (Å²) in [5.41, 5.74) is 2.82. The Labute approximate surface area is 188 Å². The first-order chi connectivity index (χ1) is 15.0. The van der Waals surface area contributed by atoms with Crippen LogP contribution >= 0.6 is 12.2 Å². The molecule has 0 heterocycles. The molecule has 1 aliphatic rings. The Balaban J connectivity index is 1.53. The highest BCUT2D eigenvalue weighted by Gasteiger charge is 2.29. The van der Waals surface area contributed by atoms with Gasteiger partial charge in [0, 0.05) is 22.9 Å². The van der Waals surface area contributed by atoms with Crippen LogP contribution in [-0.4, -0.2) is 23.5 Å². The molecule has 0 spiro atoms. The lowest BCUT2D eigenvalue weighted by Crippen LogP contribution is -2.34. The van der Waals surface area contributed by atoms with E-state index in [-0.39, 0.29) is 22.8 Å². The van der Waals surface area contributed by atoms with Gasteiger partial charge in [-0.1, -0.05) is 25.8 Å². The minimum atomic E-state index is -0.300. The molecule has 0 radical (unpaired) electrons. The largest absolute Gasteiger partial charge is 0.494 e. The summed E-state index contributed by atoms with van der Waals surface area (Å²) in [6.07, 6.45) is 5.20. The number of ether oxygens (including phenoxy) is 1. The van der Waals surface area contributed by atoms with Crippen molar-refractivity contribution in [3.8, 4) is 5.75 Å². The summed E-state index contributed by atoms with van der Waals surface area (Å²) in [4.78, 5) is 24.5. The van der Waals surface area contributed by atoms with Gasteiger partial charge in [0.25, 0.3) is 5.91 Å². The van der Waals surface area contributed by atoms with Crippen molar-refractivity contribution in [1.82, 2.24) is 5.32 Å². The lowest BCUT2D eigenvalue weighted by molar-refractivity contribution is -0.117. The van der Waals surface area contributed by atoms with Gasteiger partial charge in [-0.25, -0.2) is 0 Å². The van der Waals surface area contributed by atoms with Gasteiger partial charge in [-0.3, -0.25) is 14.9 Å². The molecule has 31 heavy (non-hydrogen) atoms. The summed E-state index contributed by atoms with van der Waals surface area (Å²) in [5.74, 6) is 0.623. The van der Waals surface area contributed by atoms with E-state index in [1.165, 1.54) is 0 Å². The van der Waals surface area contributed by atoms with E-state index in [9.17, 15) is 9.59 Å². The minimum absolute atomic E-state index is 0.0499. The van der Waals surface area contributed by atoms with Crippen molar-refractivity contribution < 1.29 is 14.3 Å². The molecule has 0 unspecified atom stereocenters. The average molecular weight is 440 g/mol. The first kappa shape index (κ1) is 22.7. The topological polar surface area (TPSA) is 79.5 Å². The van der Waals surface area contributed by atoms with Crippen molar-refractivity contribution in [3.05, 3.63) is 53.6 Å². The molecule has 0 atom stereocenters. The van der Waals surface area contributed by atoms with E-state index >= 15 is 0 Å². The predicted octanol–water partition coefficient (Wildman–Crippen LogP) is 5.04. The monoisotopic (exact) mass is 439 g/mol. The van der Waals surface area contributed by atoms with E-state index in [0.29, 0.717) is 12.2 Å². The normalized spacial score (nSPS) is 12.7. The van der Waals surface area contributed by atoms with E-state index in [0.717, 1.165) is 54.8 Å². The maximum Gasteiger partial charge on any atom is 0.257 e. The lowest BCUT2D eigenvalue weighted by Gasteiger charge is -2.15. The molecule has 2 aromatic rings. The van der Waals surface area contributed by atoms with Crippen LogP contribution < -0.4 is 20.7 Å². The number of thiocarbonyl (C=S) groups is 1. The number of amides is 2. The molecule has 0 aliphatic heterocycles. The Kier molecular flexibility index (Phi) is 8.00. The average Bonchev–Trinajstić information content (AvgIpc) is 3.60. The standard InChI is InChI=1S/C24H29N3O3S/c1-3-4-5-15-30-19-13-11-18(12-14-19)23(29)27-24(31)26-21-8-6-7-20(16(21)2)25-22(28)17-9-10-17/h6-8,11-14,17H,3-5,9-10,15H2,1-2H3,(H,25,28)(H2,26,27,29,31). The van der Waals surface area contributed by atoms with Gasteiger partial charge in [-0.05, 0) is 80.4 Å². The zero-order valence-corrected chi connectivity index (χ0v) is 18.8. The van der Waals surface area contributed by atoms with Gasteiger partial charge in [-0.15, -0.1) is 0 Å². The highest BCUT2D eigenvalue weighted by Crippen LogP contribution is 2.31. The number of rotatable bonds is 9. The zero-order valence-electron chi connectivity index (χ0n) is 18.0. The molecule has 7 heteroatoms. The van der Waals surface area contributed by atoms with Gasteiger partial charge in [0.15, 0.2) is 5.11 Å². The minimum Gasteiger partial charge on any atom is -0.494 e. The van der Waals surface area contributed by atoms with Crippen molar-refractivity contribution in [2.75, 3.05) is 17.2 Å². The number of benzene rings is 2. The van der Waals surface area contributed by atoms with E-state index in [4.69, 9.17) is 17.0 Å². The molecule has 2 amide bonds. The third-order valence-corrected chi connectivity index (χ3v) is 5.35. The van der Waals surface area contributed by atoms with Gasteiger partial charge >= 0.3 is 0 Å². The van der Waals surface area contributed by atoms with E-state index in [1.54, 1.807) is 24.3 Å². The first-order valence-electron chi connectivity index (χ1n) is 10.7. The molecule has 0 aromatic heterocycles. The Morgan fingerprint density at radius 1 is 1.03 bits per heavy atom. The first-order valence-corrected chi connectivity index (χ1v) is 11.1. The fourth-order valence-corrected chi connectivity index (χ4v) is 3.26. The molecule has 3 rings (SSSR count). The molecule has 0 saturated heterocycles. The number of unbranched alkanes of at least 4 members (excludes halogenated alkanes) is 2. The zero-order chi connectivity index (χ0) is 22.2. The number of carbonyl (C=O) groups excluding carboxylic acids is 2. The summed E-state index contributed by atoms with van der Waals surface area (Å²) >= 11 is 5.31. The SMILES string of the molecule is CCCCCOc1ccc(C(=O)NC(=S)Nc2cccc(NC(=O)C3CC3)c2C)cc1. The van der Waals surface area contributed by atoms with Crippen LogP contribution in [0.1, 0.15) is 54.9 Å². The van der Waals surface area contributed by atoms with Crippen LogP contribution in [0.25, 0.3) is 0 Å². The Morgan fingerprint density at radius 3 is 2.35 bits per heavy atom. The molecule has 6 nitrogen and oxygen atoms in total. The quantitative estimate of drug-likeness (QED) is 0.377. The third-order valence-electron chi connectivity index (χ3n) is 5.15. The Morgan fingerprint density at radius 2 is 1.71 bits per heavy atom. The van der Waals surface area contributed by atoms with Gasteiger partial charge in [-0.2, -0.15) is 0 Å². The molecule has 1 aliphatic carbocycles. The lowest BCUT2D eigenvalue weighted by atomic mass is 10.1. The summed E-state index contributed by atoms with van der Waals surface area (Å²) in [5, 5.41) is 8.89. The number of hydrogen-bond acceptors (Lipinski definition) is 4. The van der Waals surface area contributed by atoms with Gasteiger partial charge in [0.2, 0.25) is 5.91 Å². The van der Waals surface area contributed by atoms with Crippen LogP contribution in [0.3, 0.4) is 0 Å². The van der Waals surface area contributed by atoms with Crippen molar-refractivity contribution in [1.29, 1.82) is 0 Å². The fourth-order valence-electron chi connectivity index (χ4n) is 3.06. The van der Waals surface area contributed by atoms with E-state index in [1.807, 2.05) is 25.1 Å². The number of anilines is 2. The van der Waals surface area contributed by atoms with E-state index in [2.05, 4.69) is 22.9 Å². The van der Waals surface area contributed by atoms with Gasteiger partial charge in [0.1, 0.15) is 5.75 Å². The van der Waals surface area contributed by atoms with Gasteiger partial charge < -0.3 is 15.4 Å². The van der Waals surface area contributed by atoms with Crippen LogP contribution in [0.4, 0.5) is 11.4 Å². The molecule has 3 N–H and O–H groups in total. The highest BCUT2D eigenvalue weighted by molar-refractivity contribution is 7.80. The van der Waals surface area contributed by atoms with Crippen LogP contribution in [-0.2, 0) is 4.79 Å². The second-order valence-corrected chi connectivity index (χ2v) is 8.14. The summed E-state index contributed by atoms with van der Waals surface area (Å²) in [7, 11) is 0. The number of hydrogen-bond donors (Lipinski definition) is 3. The number of carbonyl (C=O) groups is 2. The molecular weight excluding hydrogens is 410 g/mol. The summed E-state index contributed by atoms with van der Waals surface area (Å²) in [6, 6.07) is 12.5. The summed E-state index contributed by atoms with van der Waals surface area (Å²) in [6.45, 7) is 4.72. The highest BCUT2D eigenvalue weighted by atomic mass is 32.1. The Hall–Kier alpha value is -2.93. The van der Waals surface area contributed by atoms with Crippen LogP contribution in [0.15, 0.2) is 42.5 Å². The summed E-state index contributed by atoms with van der Waals surface area (Å²) < 4.78 is 5.67. The van der Waals surface area contributed by atoms with Crippen LogP contribution in [0.2, 0.25) is 0 Å². The van der Waals surface area contributed by atoms with Crippen molar-refractivity contribution in [3.63, 3.8) is 0 Å². The smallest absolute Gasteiger partial charge is 0.257 e. The third kappa shape index (κ3) is 6.79. The van der Waals surface area contributed by atoms with Crippen molar-refractivity contribution in [2.24, 2.45) is 5.92 Å². The van der Waals surface area contributed by atoms with Crippen LogP contribution in [0, 0.1) is 12.8 Å². The molecule has 1 saturated carbocycles. The number of nitrogens with one attached hydrogen (secondary N) is 3. The molecule has 164 valence electrons. The molecule has 2 aromatic carbocycles. The predicted molar refractivity (Wildman–Crippen MR) is 128 cm³/mol. The van der Waals surface area contributed by atoms with Crippen molar-refractivity contribution >= 4 is 40.5 Å². The van der Waals surface area contributed by atoms with Gasteiger partial charge in [0.05, 0.1) is 6.61 Å². The molecule has 1 fully saturated rings. The molecule has 0 bridgehead atoms.